The van der Waals surface area contributed by atoms with E-state index in [1.165, 1.54) is 11.1 Å². The SMILES string of the molecule is Cc1ccc2c(c1)CN=C2N. The van der Waals surface area contributed by atoms with Gasteiger partial charge in [0.15, 0.2) is 0 Å². The highest BCUT2D eigenvalue weighted by atomic mass is 14.9. The summed E-state index contributed by atoms with van der Waals surface area (Å²) in [6, 6.07) is 6.24. The lowest BCUT2D eigenvalue weighted by Gasteiger charge is -1.98. The minimum Gasteiger partial charge on any atom is -0.383 e. The maximum absolute atomic E-state index is 5.65. The van der Waals surface area contributed by atoms with Crippen LogP contribution in [0.4, 0.5) is 0 Å². The molecule has 0 spiro atoms. The van der Waals surface area contributed by atoms with Crippen molar-refractivity contribution in [3.63, 3.8) is 0 Å². The smallest absolute Gasteiger partial charge is 0.126 e. The molecule has 0 saturated heterocycles. The second-order valence-electron chi connectivity index (χ2n) is 2.86. The first-order chi connectivity index (χ1) is 5.27. The standard InChI is InChI=1S/C9H10N2/c1-6-2-3-8-7(4-6)5-11-9(8)10/h2-4H,5H2,1H3,(H2,10,11). The van der Waals surface area contributed by atoms with Gasteiger partial charge in [-0.3, -0.25) is 4.99 Å². The molecule has 56 valence electrons. The van der Waals surface area contributed by atoms with Crippen LogP contribution in [-0.2, 0) is 6.54 Å². The summed E-state index contributed by atoms with van der Waals surface area (Å²) in [4.78, 5) is 4.14. The highest BCUT2D eigenvalue weighted by Gasteiger charge is 2.11. The van der Waals surface area contributed by atoms with Crippen LogP contribution in [0.5, 0.6) is 0 Å². The molecule has 1 heterocycles. The third-order valence-electron chi connectivity index (χ3n) is 1.96. The van der Waals surface area contributed by atoms with E-state index in [-0.39, 0.29) is 0 Å². The first kappa shape index (κ1) is 6.40. The molecule has 0 radical (unpaired) electrons. The fourth-order valence-corrected chi connectivity index (χ4v) is 1.36. The Morgan fingerprint density at radius 1 is 1.45 bits per heavy atom. The molecule has 0 unspecified atom stereocenters. The molecule has 11 heavy (non-hydrogen) atoms. The number of rotatable bonds is 0. The predicted octanol–water partition coefficient (Wildman–Crippen LogP) is 1.21. The minimum atomic E-state index is 0.681. The average molecular weight is 146 g/mol. The number of hydrogen-bond donors (Lipinski definition) is 1. The summed E-state index contributed by atoms with van der Waals surface area (Å²) < 4.78 is 0. The van der Waals surface area contributed by atoms with Gasteiger partial charge in [0.25, 0.3) is 0 Å². The zero-order valence-corrected chi connectivity index (χ0v) is 6.46. The molecule has 0 atom stereocenters. The van der Waals surface area contributed by atoms with E-state index < -0.39 is 0 Å². The highest BCUT2D eigenvalue weighted by Crippen LogP contribution is 2.17. The molecule has 0 bridgehead atoms. The highest BCUT2D eigenvalue weighted by molar-refractivity contribution is 6.00. The molecule has 0 saturated carbocycles. The zero-order valence-electron chi connectivity index (χ0n) is 6.46. The van der Waals surface area contributed by atoms with Gasteiger partial charge in [0.1, 0.15) is 5.84 Å². The van der Waals surface area contributed by atoms with Crippen molar-refractivity contribution in [2.75, 3.05) is 0 Å². The summed E-state index contributed by atoms with van der Waals surface area (Å²) in [5.41, 5.74) is 9.28. The van der Waals surface area contributed by atoms with Gasteiger partial charge < -0.3 is 5.73 Å². The van der Waals surface area contributed by atoms with Gasteiger partial charge in [-0.25, -0.2) is 0 Å². The average Bonchev–Trinajstić information content (AvgIpc) is 2.32. The lowest BCUT2D eigenvalue weighted by atomic mass is 10.1. The molecule has 0 aromatic heterocycles. The van der Waals surface area contributed by atoms with Gasteiger partial charge >= 0.3 is 0 Å². The largest absolute Gasteiger partial charge is 0.383 e. The van der Waals surface area contributed by atoms with Crippen LogP contribution >= 0.6 is 0 Å². The van der Waals surface area contributed by atoms with Gasteiger partial charge in [-0.15, -0.1) is 0 Å². The van der Waals surface area contributed by atoms with E-state index >= 15 is 0 Å². The normalized spacial score (nSPS) is 14.5. The molecule has 0 aliphatic carbocycles. The summed E-state index contributed by atoms with van der Waals surface area (Å²) >= 11 is 0. The van der Waals surface area contributed by atoms with Crippen LogP contribution in [0.1, 0.15) is 16.7 Å². The third kappa shape index (κ3) is 0.909. The van der Waals surface area contributed by atoms with Crippen LogP contribution in [0, 0.1) is 6.92 Å². The molecular weight excluding hydrogens is 136 g/mol. The number of hydrogen-bond acceptors (Lipinski definition) is 2. The molecule has 2 rings (SSSR count). The second-order valence-corrected chi connectivity index (χ2v) is 2.86. The second kappa shape index (κ2) is 2.09. The Labute approximate surface area is 65.8 Å². The Balaban J connectivity index is 2.58. The summed E-state index contributed by atoms with van der Waals surface area (Å²) in [6.45, 7) is 2.83. The minimum absolute atomic E-state index is 0.681. The fourth-order valence-electron chi connectivity index (χ4n) is 1.36. The molecule has 2 N–H and O–H groups in total. The summed E-state index contributed by atoms with van der Waals surface area (Å²) in [7, 11) is 0. The number of nitrogens with two attached hydrogens (primary N) is 1. The number of amidine groups is 1. The van der Waals surface area contributed by atoms with Crippen LogP contribution in [0.2, 0.25) is 0 Å². The molecule has 0 fully saturated rings. The summed E-state index contributed by atoms with van der Waals surface area (Å²) in [5, 5.41) is 0. The van der Waals surface area contributed by atoms with Crippen LogP contribution in [-0.4, -0.2) is 5.84 Å². The molecular formula is C9H10N2. The number of nitrogens with zero attached hydrogens (tertiary/aromatic N) is 1. The van der Waals surface area contributed by atoms with E-state index in [0.717, 1.165) is 12.1 Å². The van der Waals surface area contributed by atoms with Gasteiger partial charge in [0, 0.05) is 5.56 Å². The van der Waals surface area contributed by atoms with Crippen molar-refractivity contribution >= 4 is 5.84 Å². The first-order valence-corrected chi connectivity index (χ1v) is 3.67. The first-order valence-electron chi connectivity index (χ1n) is 3.67. The Morgan fingerprint density at radius 2 is 2.27 bits per heavy atom. The fraction of sp³-hybridized carbons (Fsp3) is 0.222. The Hall–Kier alpha value is -1.31. The van der Waals surface area contributed by atoms with Crippen LogP contribution in [0.25, 0.3) is 0 Å². The van der Waals surface area contributed by atoms with Crippen molar-refractivity contribution in [2.45, 2.75) is 13.5 Å². The van der Waals surface area contributed by atoms with Gasteiger partial charge in [0.2, 0.25) is 0 Å². The van der Waals surface area contributed by atoms with E-state index in [9.17, 15) is 0 Å². The molecule has 1 aromatic carbocycles. The maximum Gasteiger partial charge on any atom is 0.126 e. The van der Waals surface area contributed by atoms with E-state index in [1.54, 1.807) is 0 Å². The van der Waals surface area contributed by atoms with Gasteiger partial charge in [-0.2, -0.15) is 0 Å². The van der Waals surface area contributed by atoms with Crippen LogP contribution in [0.3, 0.4) is 0 Å². The zero-order chi connectivity index (χ0) is 7.84. The summed E-state index contributed by atoms with van der Waals surface area (Å²) in [5.74, 6) is 0.681. The molecule has 2 heteroatoms. The monoisotopic (exact) mass is 146 g/mol. The number of aliphatic imine (C=N–C) groups is 1. The van der Waals surface area contributed by atoms with E-state index in [2.05, 4.69) is 24.0 Å². The Bertz CT molecular complexity index is 326. The Morgan fingerprint density at radius 3 is 3.09 bits per heavy atom. The topological polar surface area (TPSA) is 38.4 Å². The van der Waals surface area contributed by atoms with E-state index in [1.807, 2.05) is 6.07 Å². The van der Waals surface area contributed by atoms with Crippen molar-refractivity contribution in [3.8, 4) is 0 Å². The lowest BCUT2D eigenvalue weighted by Crippen LogP contribution is -2.10. The van der Waals surface area contributed by atoms with Crippen molar-refractivity contribution < 1.29 is 0 Å². The van der Waals surface area contributed by atoms with Crippen molar-refractivity contribution in [2.24, 2.45) is 10.7 Å². The molecule has 1 aliphatic heterocycles. The van der Waals surface area contributed by atoms with E-state index in [0.29, 0.717) is 5.84 Å². The summed E-state index contributed by atoms with van der Waals surface area (Å²) in [6.07, 6.45) is 0. The van der Waals surface area contributed by atoms with Crippen molar-refractivity contribution in [1.82, 2.24) is 0 Å². The van der Waals surface area contributed by atoms with Gasteiger partial charge in [-0.05, 0) is 12.5 Å². The van der Waals surface area contributed by atoms with Gasteiger partial charge in [0.05, 0.1) is 6.54 Å². The molecule has 2 nitrogen and oxygen atoms in total. The lowest BCUT2D eigenvalue weighted by molar-refractivity contribution is 1.10. The van der Waals surface area contributed by atoms with E-state index in [4.69, 9.17) is 5.73 Å². The molecule has 1 aromatic rings. The quantitative estimate of drug-likeness (QED) is 0.587. The third-order valence-corrected chi connectivity index (χ3v) is 1.96. The molecule has 0 amide bonds. The van der Waals surface area contributed by atoms with Crippen molar-refractivity contribution in [3.05, 3.63) is 34.9 Å². The van der Waals surface area contributed by atoms with Gasteiger partial charge in [-0.1, -0.05) is 23.8 Å². The number of fused-ring (bicyclic) bond motifs is 1. The van der Waals surface area contributed by atoms with Crippen LogP contribution in [0.15, 0.2) is 23.2 Å². The maximum atomic E-state index is 5.65. The molecule has 1 aliphatic rings. The number of benzene rings is 1. The van der Waals surface area contributed by atoms with Crippen LogP contribution < -0.4 is 5.73 Å². The number of aryl methyl sites for hydroxylation is 1. The predicted molar refractivity (Wildman–Crippen MR) is 45.6 cm³/mol. The van der Waals surface area contributed by atoms with Crippen molar-refractivity contribution in [1.29, 1.82) is 0 Å². The Kier molecular flexibility index (Phi) is 1.22.